The van der Waals surface area contributed by atoms with Crippen molar-refractivity contribution < 1.29 is 5.11 Å². The van der Waals surface area contributed by atoms with Crippen LogP contribution in [0.15, 0.2) is 25.0 Å². The topological polar surface area (TPSA) is 46.0 Å². The summed E-state index contributed by atoms with van der Waals surface area (Å²) in [7, 11) is 0. The van der Waals surface area contributed by atoms with Gasteiger partial charge in [0.1, 0.15) is 6.10 Å². The number of hydrogen-bond donors (Lipinski definition) is 1. The van der Waals surface area contributed by atoms with Crippen molar-refractivity contribution in [1.82, 2.24) is 9.97 Å². The molecule has 0 amide bonds. The lowest BCUT2D eigenvalue weighted by Gasteiger charge is -2.03. The highest BCUT2D eigenvalue weighted by molar-refractivity contribution is 5.08. The van der Waals surface area contributed by atoms with Crippen LogP contribution in [0.1, 0.15) is 17.5 Å². The van der Waals surface area contributed by atoms with Crippen LogP contribution in [0.2, 0.25) is 0 Å². The van der Waals surface area contributed by atoms with Crippen LogP contribution in [0.4, 0.5) is 0 Å². The average Bonchev–Trinajstić information content (AvgIpc) is 2.03. The lowest BCUT2D eigenvalue weighted by Crippen LogP contribution is -1.98. The maximum atomic E-state index is 9.23. The van der Waals surface area contributed by atoms with E-state index in [0.29, 0.717) is 5.69 Å². The molecule has 0 aliphatic rings. The number of aryl methyl sites for hydroxylation is 1. The Labute approximate surface area is 65.4 Å². The van der Waals surface area contributed by atoms with E-state index in [-0.39, 0.29) is 0 Å². The number of nitrogens with zero attached hydrogens (tertiary/aromatic N) is 2. The van der Waals surface area contributed by atoms with Gasteiger partial charge in [0.25, 0.3) is 0 Å². The molecule has 0 aliphatic heterocycles. The molecule has 0 saturated heterocycles. The minimum Gasteiger partial charge on any atom is -0.383 e. The maximum Gasteiger partial charge on any atom is 0.115 e. The zero-order chi connectivity index (χ0) is 8.27. The van der Waals surface area contributed by atoms with E-state index in [1.807, 2.05) is 6.92 Å². The molecule has 1 unspecified atom stereocenters. The number of aliphatic hydroxyl groups excluding tert-OH is 1. The summed E-state index contributed by atoms with van der Waals surface area (Å²) in [5.41, 5.74) is 1.34. The highest BCUT2D eigenvalue weighted by Gasteiger charge is 2.03. The molecule has 0 aliphatic carbocycles. The van der Waals surface area contributed by atoms with Gasteiger partial charge < -0.3 is 5.11 Å². The highest BCUT2D eigenvalue weighted by atomic mass is 16.3. The maximum absolute atomic E-state index is 9.23. The first kappa shape index (κ1) is 7.88. The smallest absolute Gasteiger partial charge is 0.115 e. The van der Waals surface area contributed by atoms with Gasteiger partial charge in [0, 0.05) is 6.20 Å². The molecule has 1 aromatic heterocycles. The third-order valence-electron chi connectivity index (χ3n) is 1.30. The van der Waals surface area contributed by atoms with Gasteiger partial charge in [-0.15, -0.1) is 6.58 Å². The summed E-state index contributed by atoms with van der Waals surface area (Å²) < 4.78 is 0. The second kappa shape index (κ2) is 3.25. The predicted octanol–water partition coefficient (Wildman–Crippen LogP) is 1.00. The second-order valence-electron chi connectivity index (χ2n) is 2.27. The van der Waals surface area contributed by atoms with Crippen LogP contribution in [0.3, 0.4) is 0 Å². The molecule has 58 valence electrons. The largest absolute Gasteiger partial charge is 0.383 e. The fraction of sp³-hybridized carbons (Fsp3) is 0.250. The van der Waals surface area contributed by atoms with Gasteiger partial charge in [-0.2, -0.15) is 0 Å². The van der Waals surface area contributed by atoms with Crippen LogP contribution in [-0.4, -0.2) is 15.1 Å². The van der Waals surface area contributed by atoms with Crippen LogP contribution in [-0.2, 0) is 0 Å². The van der Waals surface area contributed by atoms with Gasteiger partial charge in [-0.3, -0.25) is 9.97 Å². The molecular weight excluding hydrogens is 140 g/mol. The Morgan fingerprint density at radius 1 is 1.64 bits per heavy atom. The normalized spacial score (nSPS) is 12.5. The fourth-order valence-corrected chi connectivity index (χ4v) is 0.746. The predicted molar refractivity (Wildman–Crippen MR) is 41.9 cm³/mol. The van der Waals surface area contributed by atoms with Gasteiger partial charge in [-0.05, 0) is 6.92 Å². The minimum atomic E-state index is -0.706. The van der Waals surface area contributed by atoms with E-state index in [2.05, 4.69) is 16.5 Å². The quantitative estimate of drug-likeness (QED) is 0.640. The molecule has 1 N–H and O–H groups in total. The molecule has 1 rings (SSSR count). The molecule has 11 heavy (non-hydrogen) atoms. The number of aromatic nitrogens is 2. The molecule has 1 heterocycles. The first-order valence-electron chi connectivity index (χ1n) is 3.33. The number of hydrogen-bond acceptors (Lipinski definition) is 3. The van der Waals surface area contributed by atoms with Gasteiger partial charge in [-0.25, -0.2) is 0 Å². The molecular formula is C8H10N2O. The molecule has 3 heteroatoms. The summed E-state index contributed by atoms with van der Waals surface area (Å²) in [4.78, 5) is 7.94. The molecule has 1 atom stereocenters. The van der Waals surface area contributed by atoms with Crippen molar-refractivity contribution in [3.63, 3.8) is 0 Å². The summed E-state index contributed by atoms with van der Waals surface area (Å²) in [5, 5.41) is 9.23. The molecule has 0 radical (unpaired) electrons. The molecule has 0 fully saturated rings. The zero-order valence-electron chi connectivity index (χ0n) is 6.36. The average molecular weight is 150 g/mol. The van der Waals surface area contributed by atoms with E-state index >= 15 is 0 Å². The number of rotatable bonds is 2. The SMILES string of the molecule is C=CC(O)c1cncc(C)n1. The van der Waals surface area contributed by atoms with Crippen molar-refractivity contribution in [2.24, 2.45) is 0 Å². The van der Waals surface area contributed by atoms with E-state index in [0.717, 1.165) is 5.69 Å². The summed E-state index contributed by atoms with van der Waals surface area (Å²) in [6.07, 6.45) is 3.88. The van der Waals surface area contributed by atoms with Crippen LogP contribution in [0.5, 0.6) is 0 Å². The Morgan fingerprint density at radius 3 is 2.91 bits per heavy atom. The Balaban J connectivity index is 2.95. The second-order valence-corrected chi connectivity index (χ2v) is 2.27. The molecule has 1 aromatic rings. The van der Waals surface area contributed by atoms with E-state index in [4.69, 9.17) is 0 Å². The van der Waals surface area contributed by atoms with Crippen LogP contribution in [0.25, 0.3) is 0 Å². The van der Waals surface area contributed by atoms with Gasteiger partial charge in [0.2, 0.25) is 0 Å². The van der Waals surface area contributed by atoms with Gasteiger partial charge in [0.15, 0.2) is 0 Å². The standard InChI is InChI=1S/C8H10N2O/c1-3-8(11)7-5-9-4-6(2)10-7/h3-5,8,11H,1H2,2H3. The van der Waals surface area contributed by atoms with Crippen LogP contribution in [0, 0.1) is 6.92 Å². The van der Waals surface area contributed by atoms with Gasteiger partial charge in [-0.1, -0.05) is 6.08 Å². The first-order chi connectivity index (χ1) is 5.24. The third-order valence-corrected chi connectivity index (χ3v) is 1.30. The van der Waals surface area contributed by atoms with Crippen molar-refractivity contribution in [2.75, 3.05) is 0 Å². The monoisotopic (exact) mass is 150 g/mol. The summed E-state index contributed by atoms with van der Waals surface area (Å²) in [6.45, 7) is 5.27. The van der Waals surface area contributed by atoms with Gasteiger partial charge >= 0.3 is 0 Å². The number of aliphatic hydroxyl groups is 1. The molecule has 0 saturated carbocycles. The summed E-state index contributed by atoms with van der Waals surface area (Å²) in [5.74, 6) is 0. The minimum absolute atomic E-state index is 0.542. The Kier molecular flexibility index (Phi) is 2.33. The van der Waals surface area contributed by atoms with Crippen LogP contribution < -0.4 is 0 Å². The third kappa shape index (κ3) is 1.85. The van der Waals surface area contributed by atoms with Crippen LogP contribution >= 0.6 is 0 Å². The van der Waals surface area contributed by atoms with E-state index < -0.39 is 6.10 Å². The Bertz CT molecular complexity index is 260. The summed E-state index contributed by atoms with van der Waals surface area (Å²) in [6, 6.07) is 0. The highest BCUT2D eigenvalue weighted by Crippen LogP contribution is 2.08. The molecule has 0 aromatic carbocycles. The lowest BCUT2D eigenvalue weighted by atomic mass is 10.2. The summed E-state index contributed by atoms with van der Waals surface area (Å²) >= 11 is 0. The van der Waals surface area contributed by atoms with Crippen molar-refractivity contribution in [1.29, 1.82) is 0 Å². The van der Waals surface area contributed by atoms with Crippen molar-refractivity contribution >= 4 is 0 Å². The Hall–Kier alpha value is -1.22. The van der Waals surface area contributed by atoms with Crippen molar-refractivity contribution in [2.45, 2.75) is 13.0 Å². The van der Waals surface area contributed by atoms with E-state index in [1.54, 1.807) is 6.20 Å². The molecule has 0 spiro atoms. The van der Waals surface area contributed by atoms with Gasteiger partial charge in [0.05, 0.1) is 17.6 Å². The fourth-order valence-electron chi connectivity index (χ4n) is 0.746. The zero-order valence-corrected chi connectivity index (χ0v) is 6.36. The molecule has 3 nitrogen and oxygen atoms in total. The Morgan fingerprint density at radius 2 is 2.36 bits per heavy atom. The lowest BCUT2D eigenvalue weighted by molar-refractivity contribution is 0.223. The van der Waals surface area contributed by atoms with E-state index in [9.17, 15) is 5.11 Å². The van der Waals surface area contributed by atoms with Crippen molar-refractivity contribution in [3.05, 3.63) is 36.4 Å². The first-order valence-corrected chi connectivity index (χ1v) is 3.33. The van der Waals surface area contributed by atoms with E-state index in [1.165, 1.54) is 12.3 Å². The molecule has 0 bridgehead atoms. The van der Waals surface area contributed by atoms with Crippen molar-refractivity contribution in [3.8, 4) is 0 Å².